The van der Waals surface area contributed by atoms with Crippen molar-refractivity contribution in [2.24, 2.45) is 5.41 Å². The molecule has 3 rings (SSSR count). The van der Waals surface area contributed by atoms with Crippen molar-refractivity contribution in [3.63, 3.8) is 0 Å². The fraction of sp³-hybridized carbons (Fsp3) is 0.333. The van der Waals surface area contributed by atoms with Crippen LogP contribution in [0.4, 0.5) is 5.69 Å². The molecule has 148 valence electrons. The summed E-state index contributed by atoms with van der Waals surface area (Å²) in [6.45, 7) is 0.302. The van der Waals surface area contributed by atoms with E-state index in [0.29, 0.717) is 42.3 Å². The van der Waals surface area contributed by atoms with Crippen molar-refractivity contribution < 1.29 is 23.8 Å². The Morgan fingerprint density at radius 3 is 2.14 bits per heavy atom. The van der Waals surface area contributed by atoms with E-state index in [-0.39, 0.29) is 11.8 Å². The lowest BCUT2D eigenvalue weighted by molar-refractivity contribution is -0.134. The summed E-state index contributed by atoms with van der Waals surface area (Å²) in [5.74, 6) is 1.35. The van der Waals surface area contributed by atoms with Gasteiger partial charge in [-0.25, -0.2) is 0 Å². The SMILES string of the molecule is COc1ccc(NC(=O)C2(C(=O)NCc3ccc(OC)c(OC)c3)CC2)cc1. The molecule has 0 saturated heterocycles. The molecule has 0 radical (unpaired) electrons. The molecule has 0 aliphatic heterocycles. The maximum absolute atomic E-state index is 12.7. The van der Waals surface area contributed by atoms with Gasteiger partial charge in [-0.15, -0.1) is 0 Å². The van der Waals surface area contributed by atoms with E-state index in [1.165, 1.54) is 0 Å². The Morgan fingerprint density at radius 1 is 0.893 bits per heavy atom. The molecule has 1 aliphatic carbocycles. The maximum Gasteiger partial charge on any atom is 0.240 e. The van der Waals surface area contributed by atoms with Crippen molar-refractivity contribution >= 4 is 17.5 Å². The molecule has 2 N–H and O–H groups in total. The highest BCUT2D eigenvalue weighted by molar-refractivity contribution is 6.13. The third-order valence-electron chi connectivity index (χ3n) is 4.87. The molecule has 7 heteroatoms. The molecule has 0 heterocycles. The molecule has 2 amide bonds. The first-order valence-electron chi connectivity index (χ1n) is 8.97. The highest BCUT2D eigenvalue weighted by atomic mass is 16.5. The lowest BCUT2D eigenvalue weighted by Crippen LogP contribution is -2.39. The minimum absolute atomic E-state index is 0.270. The number of methoxy groups -OCH3 is 3. The Kier molecular flexibility index (Phi) is 5.73. The normalized spacial score (nSPS) is 14.0. The highest BCUT2D eigenvalue weighted by Crippen LogP contribution is 2.47. The van der Waals surface area contributed by atoms with Gasteiger partial charge in [0, 0.05) is 12.2 Å². The van der Waals surface area contributed by atoms with E-state index in [1.807, 2.05) is 6.07 Å². The molecule has 1 aliphatic rings. The van der Waals surface area contributed by atoms with E-state index in [1.54, 1.807) is 57.7 Å². The Balaban J connectivity index is 1.61. The van der Waals surface area contributed by atoms with Crippen LogP contribution < -0.4 is 24.8 Å². The predicted octanol–water partition coefficient (Wildman–Crippen LogP) is 2.75. The first-order valence-corrected chi connectivity index (χ1v) is 8.97. The third kappa shape index (κ3) is 4.03. The quantitative estimate of drug-likeness (QED) is 0.684. The molecule has 2 aromatic rings. The lowest BCUT2D eigenvalue weighted by atomic mass is 10.0. The fourth-order valence-electron chi connectivity index (χ4n) is 2.95. The van der Waals surface area contributed by atoms with Crippen LogP contribution in [0.1, 0.15) is 18.4 Å². The van der Waals surface area contributed by atoms with Gasteiger partial charge in [0.1, 0.15) is 11.2 Å². The second-order valence-corrected chi connectivity index (χ2v) is 6.64. The van der Waals surface area contributed by atoms with Gasteiger partial charge in [0.2, 0.25) is 11.8 Å². The summed E-state index contributed by atoms with van der Waals surface area (Å²) in [4.78, 5) is 25.3. The zero-order valence-electron chi connectivity index (χ0n) is 16.2. The number of hydrogen-bond donors (Lipinski definition) is 2. The summed E-state index contributed by atoms with van der Waals surface area (Å²) in [5.41, 5.74) is 0.485. The van der Waals surface area contributed by atoms with Crippen molar-refractivity contribution in [1.82, 2.24) is 5.32 Å². The smallest absolute Gasteiger partial charge is 0.240 e. The summed E-state index contributed by atoms with van der Waals surface area (Å²) in [6, 6.07) is 12.4. The van der Waals surface area contributed by atoms with Crippen LogP contribution in [0, 0.1) is 5.41 Å². The Bertz CT molecular complexity index is 860. The standard InChI is InChI=1S/C21H24N2O5/c1-26-16-7-5-15(6-8-16)23-20(25)21(10-11-21)19(24)22-13-14-4-9-17(27-2)18(12-14)28-3/h4-9,12H,10-11,13H2,1-3H3,(H,22,24)(H,23,25). The molecule has 2 aromatic carbocycles. The number of anilines is 1. The lowest BCUT2D eigenvalue weighted by Gasteiger charge is -2.16. The molecular weight excluding hydrogens is 360 g/mol. The second kappa shape index (κ2) is 8.21. The summed E-state index contributed by atoms with van der Waals surface area (Å²) >= 11 is 0. The molecule has 0 spiro atoms. The summed E-state index contributed by atoms with van der Waals surface area (Å²) < 4.78 is 15.6. The van der Waals surface area contributed by atoms with E-state index in [2.05, 4.69) is 10.6 Å². The van der Waals surface area contributed by atoms with Crippen molar-refractivity contribution in [3.05, 3.63) is 48.0 Å². The molecule has 0 aromatic heterocycles. The van der Waals surface area contributed by atoms with E-state index in [4.69, 9.17) is 14.2 Å². The van der Waals surface area contributed by atoms with Gasteiger partial charge < -0.3 is 24.8 Å². The van der Waals surface area contributed by atoms with Crippen LogP contribution in [-0.2, 0) is 16.1 Å². The van der Waals surface area contributed by atoms with Gasteiger partial charge in [-0.1, -0.05) is 6.07 Å². The van der Waals surface area contributed by atoms with Crippen LogP contribution >= 0.6 is 0 Å². The number of ether oxygens (including phenoxy) is 3. The number of amides is 2. The van der Waals surface area contributed by atoms with Crippen molar-refractivity contribution in [2.75, 3.05) is 26.6 Å². The molecular formula is C21H24N2O5. The molecule has 0 unspecified atom stereocenters. The number of rotatable bonds is 8. The number of hydrogen-bond acceptors (Lipinski definition) is 5. The molecule has 1 fully saturated rings. The first kappa shape index (κ1) is 19.5. The molecule has 28 heavy (non-hydrogen) atoms. The first-order chi connectivity index (χ1) is 13.5. The monoisotopic (exact) mass is 384 g/mol. The average molecular weight is 384 g/mol. The van der Waals surface area contributed by atoms with E-state index in [9.17, 15) is 9.59 Å². The summed E-state index contributed by atoms with van der Waals surface area (Å²) in [7, 11) is 4.70. The van der Waals surface area contributed by atoms with Crippen LogP contribution in [0.3, 0.4) is 0 Å². The second-order valence-electron chi connectivity index (χ2n) is 6.64. The van der Waals surface area contributed by atoms with Crippen LogP contribution in [0.5, 0.6) is 17.2 Å². The number of carbonyl (C=O) groups excluding carboxylic acids is 2. The van der Waals surface area contributed by atoms with Crippen molar-refractivity contribution in [2.45, 2.75) is 19.4 Å². The van der Waals surface area contributed by atoms with Crippen molar-refractivity contribution in [1.29, 1.82) is 0 Å². The van der Waals surface area contributed by atoms with E-state index < -0.39 is 5.41 Å². The molecule has 1 saturated carbocycles. The maximum atomic E-state index is 12.7. The summed E-state index contributed by atoms with van der Waals surface area (Å²) in [5, 5.41) is 5.68. The van der Waals surface area contributed by atoms with Crippen molar-refractivity contribution in [3.8, 4) is 17.2 Å². The Morgan fingerprint density at radius 2 is 1.57 bits per heavy atom. The minimum Gasteiger partial charge on any atom is -0.497 e. The van der Waals surface area contributed by atoms with Gasteiger partial charge in [0.25, 0.3) is 0 Å². The molecule has 7 nitrogen and oxygen atoms in total. The number of benzene rings is 2. The molecule has 0 atom stereocenters. The largest absolute Gasteiger partial charge is 0.497 e. The molecule has 0 bridgehead atoms. The Labute approximate surface area is 164 Å². The van der Waals surface area contributed by atoms with Crippen LogP contribution in [0.15, 0.2) is 42.5 Å². The predicted molar refractivity (Wildman–Crippen MR) is 105 cm³/mol. The van der Waals surface area contributed by atoms with Crippen LogP contribution in [0.25, 0.3) is 0 Å². The van der Waals surface area contributed by atoms with Gasteiger partial charge in [-0.05, 0) is 54.8 Å². The minimum atomic E-state index is -1.00. The number of carbonyl (C=O) groups is 2. The highest BCUT2D eigenvalue weighted by Gasteiger charge is 2.56. The zero-order valence-corrected chi connectivity index (χ0v) is 16.2. The topological polar surface area (TPSA) is 85.9 Å². The van der Waals surface area contributed by atoms with Gasteiger partial charge in [-0.2, -0.15) is 0 Å². The van der Waals surface area contributed by atoms with Crippen LogP contribution in [-0.4, -0.2) is 33.1 Å². The van der Waals surface area contributed by atoms with Gasteiger partial charge in [0.05, 0.1) is 21.3 Å². The van der Waals surface area contributed by atoms with Gasteiger partial charge >= 0.3 is 0 Å². The summed E-state index contributed by atoms with van der Waals surface area (Å²) in [6.07, 6.45) is 1.07. The van der Waals surface area contributed by atoms with E-state index >= 15 is 0 Å². The van der Waals surface area contributed by atoms with Crippen LogP contribution in [0.2, 0.25) is 0 Å². The van der Waals surface area contributed by atoms with Gasteiger partial charge in [0.15, 0.2) is 11.5 Å². The third-order valence-corrected chi connectivity index (χ3v) is 4.87. The Hall–Kier alpha value is -3.22. The van der Waals surface area contributed by atoms with E-state index in [0.717, 1.165) is 5.56 Å². The fourth-order valence-corrected chi connectivity index (χ4v) is 2.95. The number of nitrogens with one attached hydrogen (secondary N) is 2. The average Bonchev–Trinajstić information content (AvgIpc) is 3.54. The van der Waals surface area contributed by atoms with Gasteiger partial charge in [-0.3, -0.25) is 9.59 Å². The zero-order chi connectivity index (χ0) is 20.1.